The van der Waals surface area contributed by atoms with Crippen LogP contribution in [0.3, 0.4) is 0 Å². The second-order valence-corrected chi connectivity index (χ2v) is 6.37. The zero-order valence-corrected chi connectivity index (χ0v) is 16.4. The highest BCUT2D eigenvalue weighted by molar-refractivity contribution is 9.10. The molecule has 1 aliphatic heterocycles. The van der Waals surface area contributed by atoms with Crippen LogP contribution in [0.25, 0.3) is 0 Å². The Morgan fingerprint density at radius 3 is 2.50 bits per heavy atom. The van der Waals surface area contributed by atoms with Crippen LogP contribution >= 0.6 is 15.9 Å². The third-order valence-corrected chi connectivity index (χ3v) is 4.56. The van der Waals surface area contributed by atoms with E-state index in [1.165, 1.54) is 4.90 Å². The van der Waals surface area contributed by atoms with Gasteiger partial charge in [0.1, 0.15) is 11.3 Å². The van der Waals surface area contributed by atoms with Crippen LogP contribution in [-0.2, 0) is 19.1 Å². The second kappa shape index (κ2) is 8.80. The molecule has 0 bridgehead atoms. The summed E-state index contributed by atoms with van der Waals surface area (Å²) in [5.74, 6) is -2.26. The molecule has 0 aromatic heterocycles. The van der Waals surface area contributed by atoms with E-state index in [-0.39, 0.29) is 46.7 Å². The number of hydrogen-bond donors (Lipinski definition) is 2. The minimum Gasteiger partial charge on any atom is -0.466 e. The number of esters is 2. The summed E-state index contributed by atoms with van der Waals surface area (Å²) in [6, 6.07) is 2.22. The highest BCUT2D eigenvalue weighted by Crippen LogP contribution is 2.34. The first-order valence-corrected chi connectivity index (χ1v) is 8.59. The van der Waals surface area contributed by atoms with Crippen molar-refractivity contribution in [2.24, 2.45) is 0 Å². The molecule has 0 spiro atoms. The van der Waals surface area contributed by atoms with Gasteiger partial charge in [-0.05, 0) is 22.0 Å². The van der Waals surface area contributed by atoms with Crippen LogP contribution in [0.1, 0.15) is 10.4 Å². The molecule has 0 saturated heterocycles. The number of hydrogen-bond acceptors (Lipinski definition) is 9. The number of anilines is 1. The molecule has 2 rings (SSSR count). The van der Waals surface area contributed by atoms with Crippen LogP contribution in [0.15, 0.2) is 27.9 Å². The normalized spacial score (nSPS) is 13.6. The molecule has 150 valence electrons. The average Bonchev–Trinajstić information content (AvgIpc) is 2.97. The monoisotopic (exact) mass is 457 g/mol. The number of β-amino-alcohol motifs (C(OH)–C–C–N with tert-alkyl or cyclic N) is 1. The Balaban J connectivity index is 2.52. The fourth-order valence-corrected chi connectivity index (χ4v) is 3.00. The lowest BCUT2D eigenvalue weighted by atomic mass is 10.1. The number of carbonyl (C=O) groups is 3. The van der Waals surface area contributed by atoms with Gasteiger partial charge in [-0.15, -0.1) is 0 Å². The Kier molecular flexibility index (Phi) is 6.70. The Morgan fingerprint density at radius 1 is 1.32 bits per heavy atom. The van der Waals surface area contributed by atoms with Crippen molar-refractivity contribution >= 4 is 45.2 Å². The number of amides is 1. The maximum atomic E-state index is 12.6. The van der Waals surface area contributed by atoms with Crippen LogP contribution in [-0.4, -0.2) is 66.7 Å². The summed E-state index contributed by atoms with van der Waals surface area (Å²) >= 11 is 3.15. The van der Waals surface area contributed by atoms with Gasteiger partial charge in [-0.2, -0.15) is 0 Å². The number of nitro groups is 1. The minimum atomic E-state index is -0.941. The number of aliphatic hydroxyl groups excluding tert-OH is 1. The number of nitrogens with one attached hydrogen (secondary N) is 1. The van der Waals surface area contributed by atoms with E-state index in [2.05, 4.69) is 30.7 Å². The van der Waals surface area contributed by atoms with E-state index in [0.29, 0.717) is 0 Å². The Morgan fingerprint density at radius 2 is 1.96 bits per heavy atom. The first-order chi connectivity index (χ1) is 13.2. The van der Waals surface area contributed by atoms with Crippen LogP contribution in [0.2, 0.25) is 0 Å². The van der Waals surface area contributed by atoms with E-state index in [1.54, 1.807) is 0 Å². The van der Waals surface area contributed by atoms with Gasteiger partial charge in [0.05, 0.1) is 43.6 Å². The van der Waals surface area contributed by atoms with Gasteiger partial charge in [0.2, 0.25) is 0 Å². The number of nitrogens with zero attached hydrogens (tertiary/aromatic N) is 2. The van der Waals surface area contributed by atoms with Gasteiger partial charge in [0.15, 0.2) is 0 Å². The average molecular weight is 458 g/mol. The third-order valence-electron chi connectivity index (χ3n) is 3.90. The van der Waals surface area contributed by atoms with Crippen LogP contribution in [0.4, 0.5) is 11.4 Å². The molecule has 1 aromatic rings. The fourth-order valence-electron chi connectivity index (χ4n) is 2.57. The van der Waals surface area contributed by atoms with E-state index in [4.69, 9.17) is 5.11 Å². The molecule has 1 aliphatic rings. The Bertz CT molecular complexity index is 883. The number of benzene rings is 1. The van der Waals surface area contributed by atoms with Gasteiger partial charge in [0.25, 0.3) is 11.6 Å². The van der Waals surface area contributed by atoms with Gasteiger partial charge in [-0.1, -0.05) is 0 Å². The second-order valence-electron chi connectivity index (χ2n) is 5.52. The molecule has 0 atom stereocenters. The Hall–Kier alpha value is -2.99. The molecule has 1 aromatic carbocycles. The number of carbonyl (C=O) groups excluding carboxylic acids is 3. The largest absolute Gasteiger partial charge is 0.466 e. The molecule has 1 heterocycles. The smallest absolute Gasteiger partial charge is 0.344 e. The van der Waals surface area contributed by atoms with Gasteiger partial charge >= 0.3 is 11.9 Å². The molecule has 11 nitrogen and oxygen atoms in total. The maximum Gasteiger partial charge on any atom is 0.344 e. The van der Waals surface area contributed by atoms with Crippen molar-refractivity contribution in [1.29, 1.82) is 0 Å². The zero-order chi connectivity index (χ0) is 21.0. The number of ether oxygens (including phenoxy) is 2. The van der Waals surface area contributed by atoms with Gasteiger partial charge in [-0.25, -0.2) is 9.59 Å². The molecule has 2 N–H and O–H groups in total. The summed E-state index contributed by atoms with van der Waals surface area (Å²) in [5, 5.41) is 23.0. The SMILES string of the molecule is COC(=O)C1=C(Nc2cc(C(=O)OC)c([N+](=O)[O-])cc2Br)C(=O)N(CCO)C1. The van der Waals surface area contributed by atoms with Crippen LogP contribution in [0, 0.1) is 10.1 Å². The van der Waals surface area contributed by atoms with Crippen molar-refractivity contribution in [2.75, 3.05) is 39.2 Å². The number of methoxy groups -OCH3 is 2. The standard InChI is InChI=1S/C16H16BrN3O8/c1-27-15(23)8-5-11(10(17)6-12(8)20(25)26)18-13-9(16(24)28-2)7-19(3-4-21)14(13)22/h5-6,18,21H,3-4,7H2,1-2H3. The lowest BCUT2D eigenvalue weighted by molar-refractivity contribution is -0.385. The van der Waals surface area contributed by atoms with Crippen LogP contribution in [0.5, 0.6) is 0 Å². The van der Waals surface area contributed by atoms with E-state index in [1.807, 2.05) is 0 Å². The van der Waals surface area contributed by atoms with Crippen molar-refractivity contribution in [3.05, 3.63) is 43.6 Å². The number of aliphatic hydroxyl groups is 1. The van der Waals surface area contributed by atoms with Crippen LogP contribution < -0.4 is 5.32 Å². The summed E-state index contributed by atoms with van der Waals surface area (Å²) < 4.78 is 9.42. The first kappa shape index (κ1) is 21.3. The third kappa shape index (κ3) is 4.12. The fraction of sp³-hybridized carbons (Fsp3) is 0.312. The topological polar surface area (TPSA) is 148 Å². The van der Waals surface area contributed by atoms with Crippen molar-refractivity contribution in [3.63, 3.8) is 0 Å². The molecule has 0 radical (unpaired) electrons. The van der Waals surface area contributed by atoms with E-state index in [0.717, 1.165) is 26.4 Å². The molecule has 0 saturated carbocycles. The molecular weight excluding hydrogens is 442 g/mol. The maximum absolute atomic E-state index is 12.6. The lowest BCUT2D eigenvalue weighted by Crippen LogP contribution is -2.31. The van der Waals surface area contributed by atoms with Gasteiger partial charge in [0, 0.05) is 17.1 Å². The first-order valence-electron chi connectivity index (χ1n) is 7.80. The molecule has 12 heteroatoms. The van der Waals surface area contributed by atoms with Crippen molar-refractivity contribution in [1.82, 2.24) is 4.90 Å². The van der Waals surface area contributed by atoms with E-state index in [9.17, 15) is 24.5 Å². The summed E-state index contributed by atoms with van der Waals surface area (Å²) in [7, 11) is 2.23. The van der Waals surface area contributed by atoms with E-state index >= 15 is 0 Å². The molecular formula is C16H16BrN3O8. The van der Waals surface area contributed by atoms with Crippen molar-refractivity contribution in [3.8, 4) is 0 Å². The van der Waals surface area contributed by atoms with Crippen molar-refractivity contribution in [2.45, 2.75) is 0 Å². The number of rotatable bonds is 7. The molecule has 0 fully saturated rings. The number of halogens is 1. The summed E-state index contributed by atoms with van der Waals surface area (Å²) in [6.07, 6.45) is 0. The predicted molar refractivity (Wildman–Crippen MR) is 98.5 cm³/mol. The van der Waals surface area contributed by atoms with Gasteiger partial charge in [-0.3, -0.25) is 14.9 Å². The van der Waals surface area contributed by atoms with Gasteiger partial charge < -0.3 is 24.8 Å². The molecule has 28 heavy (non-hydrogen) atoms. The molecule has 0 aliphatic carbocycles. The quantitative estimate of drug-likeness (QED) is 0.344. The van der Waals surface area contributed by atoms with E-state index < -0.39 is 28.5 Å². The summed E-state index contributed by atoms with van der Waals surface area (Å²) in [4.78, 5) is 48.2. The number of nitro benzene ring substituents is 1. The molecule has 0 unspecified atom stereocenters. The highest BCUT2D eigenvalue weighted by atomic mass is 79.9. The molecule has 1 amide bonds. The summed E-state index contributed by atoms with van der Waals surface area (Å²) in [5.41, 5.74) is -0.805. The predicted octanol–water partition coefficient (Wildman–Crippen LogP) is 0.817. The van der Waals surface area contributed by atoms with Crippen molar-refractivity contribution < 1.29 is 33.9 Å². The Labute approximate surface area is 167 Å². The zero-order valence-electron chi connectivity index (χ0n) is 14.9. The minimum absolute atomic E-state index is 0.000645. The lowest BCUT2D eigenvalue weighted by Gasteiger charge is -2.15. The summed E-state index contributed by atoms with van der Waals surface area (Å²) in [6.45, 7) is -0.386. The highest BCUT2D eigenvalue weighted by Gasteiger charge is 2.35.